The second kappa shape index (κ2) is 7.05. The van der Waals surface area contributed by atoms with Gasteiger partial charge in [0, 0.05) is 18.3 Å². The van der Waals surface area contributed by atoms with Crippen molar-refractivity contribution >= 4 is 17.5 Å². The Morgan fingerprint density at radius 3 is 2.79 bits per heavy atom. The van der Waals surface area contributed by atoms with E-state index in [2.05, 4.69) is 30.9 Å². The maximum absolute atomic E-state index is 13.1. The van der Waals surface area contributed by atoms with Gasteiger partial charge in [-0.25, -0.2) is 4.98 Å². The monoisotopic (exact) mass is 407 g/mol. The molecule has 0 bridgehead atoms. The predicted octanol–water partition coefficient (Wildman–Crippen LogP) is 4.01. The first-order valence-electron chi connectivity index (χ1n) is 9.23. The van der Waals surface area contributed by atoms with E-state index in [4.69, 9.17) is 4.52 Å². The Labute approximate surface area is 164 Å². The highest BCUT2D eigenvalue weighted by Crippen LogP contribution is 2.38. The summed E-state index contributed by atoms with van der Waals surface area (Å²) in [5.41, 5.74) is 2.50. The van der Waals surface area contributed by atoms with E-state index >= 15 is 0 Å². The molecule has 4 rings (SSSR count). The fourth-order valence-electron chi connectivity index (χ4n) is 3.55. The van der Waals surface area contributed by atoms with Gasteiger partial charge in [-0.15, -0.1) is 0 Å². The number of nitrogens with zero attached hydrogens (tertiary/aromatic N) is 5. The summed E-state index contributed by atoms with van der Waals surface area (Å²) in [4.78, 5) is 7.82. The number of aryl methyl sites for hydroxylation is 1. The summed E-state index contributed by atoms with van der Waals surface area (Å²) in [5, 5.41) is 14.1. The van der Waals surface area contributed by atoms with Crippen LogP contribution in [0.4, 0.5) is 30.6 Å². The smallest absolute Gasteiger partial charge is 0.370 e. The van der Waals surface area contributed by atoms with E-state index in [0.717, 1.165) is 41.8 Å². The summed E-state index contributed by atoms with van der Waals surface area (Å²) >= 11 is 0. The minimum atomic E-state index is -4.54. The molecule has 1 aliphatic rings. The highest BCUT2D eigenvalue weighted by Gasteiger charge is 2.35. The molecule has 0 aliphatic heterocycles. The van der Waals surface area contributed by atoms with Crippen LogP contribution < -0.4 is 10.6 Å². The third kappa shape index (κ3) is 3.40. The Bertz CT molecular complexity index is 1040. The summed E-state index contributed by atoms with van der Waals surface area (Å²) in [6.45, 7) is 5.78. The van der Waals surface area contributed by atoms with E-state index in [1.165, 1.54) is 0 Å². The molecule has 1 aliphatic carbocycles. The molecule has 3 heterocycles. The highest BCUT2D eigenvalue weighted by atomic mass is 19.4. The SMILES string of the molecule is CCNc1nc(Nc2cnn([C@H]3CCc4c(C)noc43)c2C)ncc1C(F)(F)F. The van der Waals surface area contributed by atoms with Crippen LogP contribution >= 0.6 is 0 Å². The summed E-state index contributed by atoms with van der Waals surface area (Å²) in [6.07, 6.45) is -0.448. The minimum absolute atomic E-state index is 0.0548. The molecular formula is C18H20F3N7O. The Kier molecular flexibility index (Phi) is 4.67. The van der Waals surface area contributed by atoms with Crippen molar-refractivity contribution in [3.05, 3.63) is 40.7 Å². The molecule has 2 N–H and O–H groups in total. The van der Waals surface area contributed by atoms with Gasteiger partial charge >= 0.3 is 6.18 Å². The van der Waals surface area contributed by atoms with E-state index in [1.807, 2.05) is 18.5 Å². The van der Waals surface area contributed by atoms with Crippen molar-refractivity contribution < 1.29 is 17.7 Å². The van der Waals surface area contributed by atoms with Crippen molar-refractivity contribution in [3.8, 4) is 0 Å². The van der Waals surface area contributed by atoms with Crippen molar-refractivity contribution in [1.29, 1.82) is 0 Å². The van der Waals surface area contributed by atoms with Gasteiger partial charge in [-0.2, -0.15) is 23.3 Å². The van der Waals surface area contributed by atoms with Crippen molar-refractivity contribution in [2.75, 3.05) is 17.2 Å². The van der Waals surface area contributed by atoms with Crippen molar-refractivity contribution in [1.82, 2.24) is 24.9 Å². The largest absolute Gasteiger partial charge is 0.421 e. The molecule has 3 aromatic heterocycles. The van der Waals surface area contributed by atoms with Crippen LogP contribution in [0.1, 0.15) is 47.7 Å². The first kappa shape index (κ1) is 19.2. The third-order valence-corrected chi connectivity index (χ3v) is 5.01. The third-order valence-electron chi connectivity index (χ3n) is 5.01. The van der Waals surface area contributed by atoms with Gasteiger partial charge in [0.05, 0.1) is 23.3 Å². The Morgan fingerprint density at radius 2 is 2.07 bits per heavy atom. The molecule has 3 aromatic rings. The molecule has 8 nitrogen and oxygen atoms in total. The number of alkyl halides is 3. The van der Waals surface area contributed by atoms with Crippen molar-refractivity contribution in [2.45, 2.75) is 45.8 Å². The number of hydrogen-bond acceptors (Lipinski definition) is 7. The molecule has 0 amide bonds. The maximum Gasteiger partial charge on any atom is 0.421 e. The van der Waals surface area contributed by atoms with E-state index < -0.39 is 11.7 Å². The van der Waals surface area contributed by atoms with Crippen LogP contribution in [-0.4, -0.2) is 31.4 Å². The average Bonchev–Trinajstić information content (AvgIpc) is 3.33. The van der Waals surface area contributed by atoms with E-state index in [-0.39, 0.29) is 17.8 Å². The Balaban J connectivity index is 1.61. The minimum Gasteiger partial charge on any atom is -0.370 e. The van der Waals surface area contributed by atoms with Gasteiger partial charge in [0.25, 0.3) is 0 Å². The zero-order chi connectivity index (χ0) is 20.8. The number of aromatic nitrogens is 5. The zero-order valence-corrected chi connectivity index (χ0v) is 16.1. The van der Waals surface area contributed by atoms with Gasteiger partial charge in [-0.1, -0.05) is 5.16 Å². The molecule has 0 radical (unpaired) electrons. The molecule has 0 saturated heterocycles. The van der Waals surface area contributed by atoms with Crippen LogP contribution in [0.3, 0.4) is 0 Å². The van der Waals surface area contributed by atoms with Crippen LogP contribution in [0, 0.1) is 13.8 Å². The average molecular weight is 407 g/mol. The molecule has 29 heavy (non-hydrogen) atoms. The molecule has 0 saturated carbocycles. The second-order valence-electron chi connectivity index (χ2n) is 6.86. The molecule has 1 atom stereocenters. The lowest BCUT2D eigenvalue weighted by Crippen LogP contribution is -2.14. The van der Waals surface area contributed by atoms with Crippen molar-refractivity contribution in [3.63, 3.8) is 0 Å². The van der Waals surface area contributed by atoms with Gasteiger partial charge in [-0.05, 0) is 33.6 Å². The number of anilines is 3. The topological polar surface area (TPSA) is 93.7 Å². The van der Waals surface area contributed by atoms with E-state index in [1.54, 1.807) is 13.1 Å². The second-order valence-corrected chi connectivity index (χ2v) is 6.86. The van der Waals surface area contributed by atoms with Crippen LogP contribution in [0.5, 0.6) is 0 Å². The van der Waals surface area contributed by atoms with Crippen LogP contribution in [0.15, 0.2) is 16.9 Å². The molecule has 0 aromatic carbocycles. The first-order valence-corrected chi connectivity index (χ1v) is 9.23. The summed E-state index contributed by atoms with van der Waals surface area (Å²) < 4.78 is 46.7. The van der Waals surface area contributed by atoms with Gasteiger partial charge in [0.1, 0.15) is 17.4 Å². The summed E-state index contributed by atoms with van der Waals surface area (Å²) in [5.74, 6) is 0.597. The highest BCUT2D eigenvalue weighted by molar-refractivity contribution is 5.58. The lowest BCUT2D eigenvalue weighted by molar-refractivity contribution is -0.137. The normalized spacial score (nSPS) is 16.1. The molecule has 0 fully saturated rings. The summed E-state index contributed by atoms with van der Waals surface area (Å²) in [6, 6.07) is -0.0624. The van der Waals surface area contributed by atoms with Gasteiger partial charge in [-0.3, -0.25) is 4.68 Å². The van der Waals surface area contributed by atoms with E-state index in [9.17, 15) is 13.2 Å². The molecule has 0 spiro atoms. The Hall–Kier alpha value is -3.11. The quantitative estimate of drug-likeness (QED) is 0.660. The van der Waals surface area contributed by atoms with Gasteiger partial charge in [0.2, 0.25) is 5.95 Å². The fraction of sp³-hybridized carbons (Fsp3) is 0.444. The van der Waals surface area contributed by atoms with Crippen molar-refractivity contribution in [2.24, 2.45) is 0 Å². The van der Waals surface area contributed by atoms with Crippen LogP contribution in [0.2, 0.25) is 0 Å². The predicted molar refractivity (Wildman–Crippen MR) is 99.1 cm³/mol. The number of rotatable bonds is 5. The number of hydrogen-bond donors (Lipinski definition) is 2. The summed E-state index contributed by atoms with van der Waals surface area (Å²) in [7, 11) is 0. The van der Waals surface area contributed by atoms with Gasteiger partial charge < -0.3 is 15.2 Å². The number of nitrogens with one attached hydrogen (secondary N) is 2. The van der Waals surface area contributed by atoms with Gasteiger partial charge in [0.15, 0.2) is 5.76 Å². The molecule has 154 valence electrons. The molecular weight excluding hydrogens is 387 g/mol. The number of fused-ring (bicyclic) bond motifs is 1. The van der Waals surface area contributed by atoms with Crippen LogP contribution in [-0.2, 0) is 12.6 Å². The Morgan fingerprint density at radius 1 is 1.28 bits per heavy atom. The lowest BCUT2D eigenvalue weighted by Gasteiger charge is -2.14. The zero-order valence-electron chi connectivity index (χ0n) is 16.1. The fourth-order valence-corrected chi connectivity index (χ4v) is 3.55. The molecule has 0 unspecified atom stereocenters. The standard InChI is InChI=1S/C18H20F3N7O/c1-4-22-16-12(18(19,20)21)7-23-17(26-16)25-13-8-24-28(10(13)3)14-6-5-11-9(2)27-29-15(11)14/h7-8,14H,4-6H2,1-3H3,(H2,22,23,25,26)/t14-/m0/s1. The van der Waals surface area contributed by atoms with Crippen LogP contribution in [0.25, 0.3) is 0 Å². The maximum atomic E-state index is 13.1. The molecule has 11 heteroatoms. The van der Waals surface area contributed by atoms with E-state index in [0.29, 0.717) is 12.2 Å². The number of halogens is 3. The first-order chi connectivity index (χ1) is 13.8. The lowest BCUT2D eigenvalue weighted by atomic mass is 10.2.